The molecule has 5 heteroatoms. The Morgan fingerprint density at radius 2 is 1.84 bits per heavy atom. The summed E-state index contributed by atoms with van der Waals surface area (Å²) in [4.78, 5) is 29.3. The van der Waals surface area contributed by atoms with E-state index < -0.39 is 0 Å². The van der Waals surface area contributed by atoms with Crippen LogP contribution >= 0.6 is 0 Å². The summed E-state index contributed by atoms with van der Waals surface area (Å²) in [7, 11) is 0. The van der Waals surface area contributed by atoms with Gasteiger partial charge in [0.2, 0.25) is 5.91 Å². The first kappa shape index (κ1) is 15.6. The number of hydrogen-bond acceptors (Lipinski definition) is 3. The summed E-state index contributed by atoms with van der Waals surface area (Å²) in [6, 6.07) is 17.2. The largest absolute Gasteiger partial charge is 0.347 e. The Labute approximate surface area is 145 Å². The van der Waals surface area contributed by atoms with E-state index in [1.54, 1.807) is 18.2 Å². The number of nitrogens with zero attached hydrogens (tertiary/aromatic N) is 2. The average molecular weight is 333 g/mol. The summed E-state index contributed by atoms with van der Waals surface area (Å²) in [5.74, 6) is 0.317. The zero-order valence-electron chi connectivity index (χ0n) is 13.8. The maximum absolute atomic E-state index is 12.5. The third-order valence-electron chi connectivity index (χ3n) is 4.61. The first-order valence-corrected chi connectivity index (χ1v) is 8.51. The van der Waals surface area contributed by atoms with Gasteiger partial charge in [0.25, 0.3) is 5.56 Å². The molecule has 0 aliphatic heterocycles. The van der Waals surface area contributed by atoms with Crippen molar-refractivity contribution in [3.05, 3.63) is 76.8 Å². The third-order valence-corrected chi connectivity index (χ3v) is 4.61. The summed E-state index contributed by atoms with van der Waals surface area (Å²) in [5.41, 5.74) is 1.56. The second-order valence-corrected chi connectivity index (χ2v) is 6.49. The van der Waals surface area contributed by atoms with E-state index in [4.69, 9.17) is 0 Å². The van der Waals surface area contributed by atoms with Crippen LogP contribution in [0.4, 0.5) is 0 Å². The van der Waals surface area contributed by atoms with E-state index in [9.17, 15) is 9.59 Å². The Kier molecular flexibility index (Phi) is 4.06. The monoisotopic (exact) mass is 333 g/mol. The van der Waals surface area contributed by atoms with Gasteiger partial charge in [-0.2, -0.15) is 0 Å². The quantitative estimate of drug-likeness (QED) is 0.781. The fourth-order valence-electron chi connectivity index (χ4n) is 3.16. The summed E-state index contributed by atoms with van der Waals surface area (Å²) in [6.07, 6.45) is 3.69. The number of benzene rings is 2. The zero-order valence-corrected chi connectivity index (χ0v) is 13.8. The van der Waals surface area contributed by atoms with E-state index >= 15 is 0 Å². The predicted molar refractivity (Wildman–Crippen MR) is 96.1 cm³/mol. The van der Waals surface area contributed by atoms with Gasteiger partial charge in [-0.1, -0.05) is 42.5 Å². The lowest BCUT2D eigenvalue weighted by Gasteiger charge is -2.19. The zero-order chi connectivity index (χ0) is 17.2. The number of nitrogens with one attached hydrogen (secondary N) is 1. The smallest absolute Gasteiger partial charge is 0.261 e. The molecule has 25 heavy (non-hydrogen) atoms. The maximum Gasteiger partial charge on any atom is 0.261 e. The lowest BCUT2D eigenvalue weighted by molar-refractivity contribution is -0.122. The van der Waals surface area contributed by atoms with Crippen LogP contribution in [0.15, 0.2) is 65.7 Å². The van der Waals surface area contributed by atoms with Crippen molar-refractivity contribution in [2.24, 2.45) is 5.92 Å². The molecule has 1 unspecified atom stereocenters. The molecule has 0 saturated heterocycles. The molecule has 1 aliphatic rings. The van der Waals surface area contributed by atoms with Crippen molar-refractivity contribution >= 4 is 16.8 Å². The number of fused-ring (bicyclic) bond motifs is 1. The molecular formula is C20H19N3O2. The van der Waals surface area contributed by atoms with Crippen LogP contribution in [-0.2, 0) is 11.3 Å². The standard InChI is InChI=1S/C20H19N3O2/c24-18(22-19(15-10-11-15)14-6-2-1-3-7-14)12-23-13-21-17-9-5-4-8-16(17)20(23)25/h1-9,13,15,19H,10-12H2,(H,22,24). The number of carbonyl (C=O) groups is 1. The van der Waals surface area contributed by atoms with E-state index in [0.29, 0.717) is 16.8 Å². The van der Waals surface area contributed by atoms with Crippen molar-refractivity contribution in [1.82, 2.24) is 14.9 Å². The highest BCUT2D eigenvalue weighted by atomic mass is 16.2. The van der Waals surface area contributed by atoms with Crippen LogP contribution in [0, 0.1) is 5.92 Å². The number of carbonyl (C=O) groups excluding carboxylic acids is 1. The lowest BCUT2D eigenvalue weighted by atomic mass is 10.0. The topological polar surface area (TPSA) is 64.0 Å². The van der Waals surface area contributed by atoms with Gasteiger partial charge < -0.3 is 5.32 Å². The number of amides is 1. The minimum absolute atomic E-state index is 0.0119. The number of rotatable bonds is 5. The molecule has 4 rings (SSSR count). The Bertz CT molecular complexity index is 961. The minimum atomic E-state index is -0.191. The molecule has 1 atom stereocenters. The number of para-hydroxylation sites is 1. The minimum Gasteiger partial charge on any atom is -0.347 e. The fraction of sp³-hybridized carbons (Fsp3) is 0.250. The SMILES string of the molecule is O=C(Cn1cnc2ccccc2c1=O)NC(c1ccccc1)C1CC1. The van der Waals surface area contributed by atoms with Crippen molar-refractivity contribution < 1.29 is 4.79 Å². The van der Waals surface area contributed by atoms with E-state index in [0.717, 1.165) is 18.4 Å². The molecule has 1 N–H and O–H groups in total. The Morgan fingerprint density at radius 3 is 2.60 bits per heavy atom. The van der Waals surface area contributed by atoms with Crippen LogP contribution in [0.5, 0.6) is 0 Å². The molecule has 1 heterocycles. The van der Waals surface area contributed by atoms with Crippen LogP contribution in [-0.4, -0.2) is 15.5 Å². The van der Waals surface area contributed by atoms with Gasteiger partial charge in [-0.25, -0.2) is 4.98 Å². The Hall–Kier alpha value is -2.95. The van der Waals surface area contributed by atoms with E-state index in [1.165, 1.54) is 10.9 Å². The van der Waals surface area contributed by atoms with Gasteiger partial charge in [0.05, 0.1) is 23.3 Å². The normalized spacial score (nSPS) is 15.0. The number of aromatic nitrogens is 2. The summed E-state index contributed by atoms with van der Waals surface area (Å²) in [5, 5.41) is 3.62. The van der Waals surface area contributed by atoms with Gasteiger partial charge in [0, 0.05) is 0 Å². The van der Waals surface area contributed by atoms with E-state index in [-0.39, 0.29) is 24.1 Å². The van der Waals surface area contributed by atoms with Crippen molar-refractivity contribution in [2.45, 2.75) is 25.4 Å². The molecular weight excluding hydrogens is 314 g/mol. The van der Waals surface area contributed by atoms with Crippen molar-refractivity contribution in [2.75, 3.05) is 0 Å². The highest BCUT2D eigenvalue weighted by molar-refractivity contribution is 5.79. The lowest BCUT2D eigenvalue weighted by Crippen LogP contribution is -2.35. The van der Waals surface area contributed by atoms with Gasteiger partial charge >= 0.3 is 0 Å². The molecule has 126 valence electrons. The van der Waals surface area contributed by atoms with E-state index in [2.05, 4.69) is 10.3 Å². The molecule has 5 nitrogen and oxygen atoms in total. The molecule has 0 bridgehead atoms. The molecule has 2 aromatic carbocycles. The van der Waals surface area contributed by atoms with Crippen LogP contribution < -0.4 is 10.9 Å². The maximum atomic E-state index is 12.5. The first-order chi connectivity index (χ1) is 12.2. The van der Waals surface area contributed by atoms with Gasteiger partial charge in [0.15, 0.2) is 0 Å². The molecule has 1 amide bonds. The van der Waals surface area contributed by atoms with Crippen LogP contribution in [0.3, 0.4) is 0 Å². The van der Waals surface area contributed by atoms with Crippen molar-refractivity contribution in [1.29, 1.82) is 0 Å². The average Bonchev–Trinajstić information content (AvgIpc) is 3.48. The summed E-state index contributed by atoms with van der Waals surface area (Å²) in [6.45, 7) is -0.0211. The van der Waals surface area contributed by atoms with Gasteiger partial charge in [-0.15, -0.1) is 0 Å². The van der Waals surface area contributed by atoms with Crippen molar-refractivity contribution in [3.8, 4) is 0 Å². The van der Waals surface area contributed by atoms with Gasteiger partial charge in [-0.3, -0.25) is 14.2 Å². The molecule has 0 radical (unpaired) electrons. The Morgan fingerprint density at radius 1 is 1.12 bits per heavy atom. The highest BCUT2D eigenvalue weighted by Gasteiger charge is 2.33. The highest BCUT2D eigenvalue weighted by Crippen LogP contribution is 2.40. The molecule has 1 aliphatic carbocycles. The van der Waals surface area contributed by atoms with Crippen LogP contribution in [0.25, 0.3) is 10.9 Å². The fourth-order valence-corrected chi connectivity index (χ4v) is 3.16. The first-order valence-electron chi connectivity index (χ1n) is 8.51. The molecule has 1 aromatic heterocycles. The second kappa shape index (κ2) is 6.51. The molecule has 1 fully saturated rings. The third kappa shape index (κ3) is 3.31. The summed E-state index contributed by atoms with van der Waals surface area (Å²) >= 11 is 0. The summed E-state index contributed by atoms with van der Waals surface area (Å²) < 4.78 is 1.37. The molecule has 0 spiro atoms. The molecule has 3 aromatic rings. The second-order valence-electron chi connectivity index (χ2n) is 6.49. The number of hydrogen-bond donors (Lipinski definition) is 1. The molecule has 1 saturated carbocycles. The predicted octanol–water partition coefficient (Wildman–Crippen LogP) is 2.66. The van der Waals surface area contributed by atoms with Crippen LogP contribution in [0.2, 0.25) is 0 Å². The van der Waals surface area contributed by atoms with Crippen LogP contribution in [0.1, 0.15) is 24.4 Å². The van der Waals surface area contributed by atoms with Gasteiger partial charge in [-0.05, 0) is 36.5 Å². The Balaban J connectivity index is 1.54. The van der Waals surface area contributed by atoms with Gasteiger partial charge in [0.1, 0.15) is 6.54 Å². The van der Waals surface area contributed by atoms with Crippen molar-refractivity contribution in [3.63, 3.8) is 0 Å². The van der Waals surface area contributed by atoms with E-state index in [1.807, 2.05) is 36.4 Å².